The number of methoxy groups -OCH3 is 1. The zero-order valence-electron chi connectivity index (χ0n) is 13.0. The number of aliphatic carboxylic acids is 1. The van der Waals surface area contributed by atoms with Crippen molar-refractivity contribution in [2.45, 2.75) is 6.42 Å². The number of phenols is 2. The molecule has 2 aromatic rings. The maximum atomic E-state index is 11.3. The maximum Gasteiger partial charge on any atom is 0.338 e. The van der Waals surface area contributed by atoms with Gasteiger partial charge >= 0.3 is 11.9 Å². The Labute approximate surface area is 141 Å². The van der Waals surface area contributed by atoms with E-state index in [2.05, 4.69) is 10.2 Å². The normalized spacial score (nSPS) is 10.8. The first-order valence-corrected chi connectivity index (χ1v) is 6.92. The van der Waals surface area contributed by atoms with Crippen molar-refractivity contribution in [2.75, 3.05) is 7.11 Å². The molecule has 2 aromatic carbocycles. The zero-order chi connectivity index (χ0) is 18.6. The second-order valence-corrected chi connectivity index (χ2v) is 4.92. The van der Waals surface area contributed by atoms with Crippen LogP contribution in [0.15, 0.2) is 40.6 Å². The molecule has 25 heavy (non-hydrogen) atoms. The lowest BCUT2D eigenvalue weighted by atomic mass is 10.1. The highest BCUT2D eigenvalue weighted by molar-refractivity contribution is 5.96. The van der Waals surface area contributed by atoms with E-state index in [-0.39, 0.29) is 17.9 Å². The Kier molecular flexibility index (Phi) is 5.18. The van der Waals surface area contributed by atoms with Gasteiger partial charge in [0.1, 0.15) is 5.69 Å². The van der Waals surface area contributed by atoms with Gasteiger partial charge in [0.05, 0.1) is 24.8 Å². The second kappa shape index (κ2) is 7.30. The Balaban J connectivity index is 2.41. The van der Waals surface area contributed by atoms with E-state index in [9.17, 15) is 24.9 Å². The number of ether oxygens (including phenoxy) is 1. The van der Waals surface area contributed by atoms with Gasteiger partial charge in [0.15, 0.2) is 11.5 Å². The smallest absolute Gasteiger partial charge is 0.338 e. The highest BCUT2D eigenvalue weighted by Gasteiger charge is 2.22. The van der Waals surface area contributed by atoms with Gasteiger partial charge in [-0.05, 0) is 17.7 Å². The van der Waals surface area contributed by atoms with Crippen molar-refractivity contribution in [3.63, 3.8) is 0 Å². The summed E-state index contributed by atoms with van der Waals surface area (Å²) in [6.45, 7) is 0. The minimum atomic E-state index is -1.39. The Hall–Kier alpha value is -3.62. The summed E-state index contributed by atoms with van der Waals surface area (Å²) in [5, 5.41) is 44.9. The van der Waals surface area contributed by atoms with Crippen LogP contribution in [0.1, 0.15) is 15.9 Å². The summed E-state index contributed by atoms with van der Waals surface area (Å²) in [6, 6.07) is 6.95. The van der Waals surface area contributed by atoms with Crippen LogP contribution < -0.4 is 4.74 Å². The minimum absolute atomic E-state index is 0.139. The average molecular weight is 346 g/mol. The van der Waals surface area contributed by atoms with E-state index in [1.807, 2.05) is 0 Å². The van der Waals surface area contributed by atoms with Crippen molar-refractivity contribution in [2.24, 2.45) is 10.2 Å². The van der Waals surface area contributed by atoms with Crippen LogP contribution in [0.3, 0.4) is 0 Å². The van der Waals surface area contributed by atoms with Crippen molar-refractivity contribution >= 4 is 23.3 Å². The molecule has 2 rings (SSSR count). The van der Waals surface area contributed by atoms with Gasteiger partial charge < -0.3 is 25.2 Å². The third-order valence-corrected chi connectivity index (χ3v) is 3.20. The van der Waals surface area contributed by atoms with Crippen LogP contribution in [0, 0.1) is 0 Å². The SMILES string of the molecule is COc1c(O)c(O)cc(C(=O)O)c1N=Nc1ccc(CC(=O)O)cc1. The van der Waals surface area contributed by atoms with Crippen molar-refractivity contribution in [3.8, 4) is 17.2 Å². The molecule has 0 aliphatic rings. The highest BCUT2D eigenvalue weighted by atomic mass is 16.5. The summed E-state index contributed by atoms with van der Waals surface area (Å²) in [6.07, 6.45) is -0.139. The van der Waals surface area contributed by atoms with E-state index < -0.39 is 29.0 Å². The number of azo groups is 1. The predicted molar refractivity (Wildman–Crippen MR) is 85.2 cm³/mol. The summed E-state index contributed by atoms with van der Waals surface area (Å²) >= 11 is 0. The fourth-order valence-corrected chi connectivity index (χ4v) is 2.04. The molecule has 0 amide bonds. The Morgan fingerprint density at radius 1 is 1.08 bits per heavy atom. The van der Waals surface area contributed by atoms with Gasteiger partial charge in [0, 0.05) is 6.07 Å². The first-order valence-electron chi connectivity index (χ1n) is 6.92. The molecule has 0 aromatic heterocycles. The molecule has 0 fully saturated rings. The largest absolute Gasteiger partial charge is 0.504 e. The van der Waals surface area contributed by atoms with Crippen LogP contribution in [0.4, 0.5) is 11.4 Å². The van der Waals surface area contributed by atoms with Crippen LogP contribution >= 0.6 is 0 Å². The van der Waals surface area contributed by atoms with Crippen LogP contribution in [-0.4, -0.2) is 39.5 Å². The summed E-state index contributed by atoms with van der Waals surface area (Å²) in [5.74, 6) is -4.00. The number of nitrogens with zero attached hydrogens (tertiary/aromatic N) is 2. The first-order chi connectivity index (χ1) is 11.8. The van der Waals surface area contributed by atoms with Gasteiger partial charge in [-0.15, -0.1) is 5.11 Å². The summed E-state index contributed by atoms with van der Waals surface area (Å²) in [4.78, 5) is 21.9. The van der Waals surface area contributed by atoms with Crippen LogP contribution in [0.5, 0.6) is 17.2 Å². The molecular formula is C16H14N2O7. The third-order valence-electron chi connectivity index (χ3n) is 3.20. The van der Waals surface area contributed by atoms with Crippen LogP contribution in [0.2, 0.25) is 0 Å². The number of aromatic hydroxyl groups is 2. The fraction of sp³-hybridized carbons (Fsp3) is 0.125. The molecule has 0 aliphatic carbocycles. The summed E-state index contributed by atoms with van der Waals surface area (Å²) < 4.78 is 4.91. The second-order valence-electron chi connectivity index (χ2n) is 4.92. The molecule has 130 valence electrons. The van der Waals surface area contributed by atoms with Crippen LogP contribution in [-0.2, 0) is 11.2 Å². The predicted octanol–water partition coefficient (Wildman–Crippen LogP) is 2.85. The van der Waals surface area contributed by atoms with Crippen molar-refractivity contribution in [1.82, 2.24) is 0 Å². The van der Waals surface area contributed by atoms with Crippen molar-refractivity contribution in [1.29, 1.82) is 0 Å². The molecule has 0 spiro atoms. The number of benzene rings is 2. The monoisotopic (exact) mass is 346 g/mol. The van der Waals surface area contributed by atoms with Crippen molar-refractivity contribution in [3.05, 3.63) is 41.5 Å². The quantitative estimate of drug-likeness (QED) is 0.464. The van der Waals surface area contributed by atoms with Gasteiger partial charge in [-0.2, -0.15) is 5.11 Å². The van der Waals surface area contributed by atoms with E-state index in [1.165, 1.54) is 19.2 Å². The molecule has 0 saturated heterocycles. The molecule has 9 heteroatoms. The molecule has 0 atom stereocenters. The third kappa shape index (κ3) is 4.02. The lowest BCUT2D eigenvalue weighted by Gasteiger charge is -2.10. The van der Waals surface area contributed by atoms with E-state index in [0.29, 0.717) is 11.3 Å². The number of phenolic OH excluding ortho intramolecular Hbond substituents is 2. The Morgan fingerprint density at radius 3 is 2.24 bits per heavy atom. The molecule has 0 unspecified atom stereocenters. The molecule has 0 bridgehead atoms. The number of carbonyl (C=O) groups is 2. The van der Waals surface area contributed by atoms with E-state index in [4.69, 9.17) is 9.84 Å². The number of hydrogen-bond acceptors (Lipinski definition) is 7. The molecule has 9 nitrogen and oxygen atoms in total. The van der Waals surface area contributed by atoms with Crippen molar-refractivity contribution < 1.29 is 34.8 Å². The number of hydrogen-bond donors (Lipinski definition) is 4. The Morgan fingerprint density at radius 2 is 1.72 bits per heavy atom. The molecule has 0 saturated carbocycles. The van der Waals surface area contributed by atoms with E-state index in [0.717, 1.165) is 6.07 Å². The lowest BCUT2D eigenvalue weighted by molar-refractivity contribution is -0.136. The zero-order valence-corrected chi connectivity index (χ0v) is 13.0. The number of rotatable bonds is 6. The molecule has 4 N–H and O–H groups in total. The van der Waals surface area contributed by atoms with Gasteiger partial charge in [-0.3, -0.25) is 4.79 Å². The lowest BCUT2D eigenvalue weighted by Crippen LogP contribution is -1.99. The topological polar surface area (TPSA) is 149 Å². The Bertz CT molecular complexity index is 845. The maximum absolute atomic E-state index is 11.3. The molecular weight excluding hydrogens is 332 g/mol. The fourth-order valence-electron chi connectivity index (χ4n) is 2.04. The van der Waals surface area contributed by atoms with Gasteiger partial charge in [0.25, 0.3) is 0 Å². The number of carboxylic acid groups (broad SMARTS) is 2. The van der Waals surface area contributed by atoms with Gasteiger partial charge in [0.2, 0.25) is 5.75 Å². The van der Waals surface area contributed by atoms with Gasteiger partial charge in [-0.1, -0.05) is 12.1 Å². The van der Waals surface area contributed by atoms with E-state index in [1.54, 1.807) is 12.1 Å². The summed E-state index contributed by atoms with van der Waals surface area (Å²) in [5.41, 5.74) is 0.232. The van der Waals surface area contributed by atoms with Crippen LogP contribution in [0.25, 0.3) is 0 Å². The average Bonchev–Trinajstić information content (AvgIpc) is 2.56. The minimum Gasteiger partial charge on any atom is -0.504 e. The highest BCUT2D eigenvalue weighted by Crippen LogP contribution is 2.45. The number of aromatic carboxylic acids is 1. The number of carboxylic acids is 2. The molecule has 0 aliphatic heterocycles. The standard InChI is InChI=1S/C16H14N2O7/c1-25-15-13(10(16(23)24)7-11(19)14(15)22)18-17-9-4-2-8(3-5-9)6-12(20)21/h2-5,7,19,22H,6H2,1H3,(H,20,21)(H,23,24). The molecule has 0 heterocycles. The first kappa shape index (κ1) is 17.7. The van der Waals surface area contributed by atoms with Gasteiger partial charge in [-0.25, -0.2) is 4.79 Å². The van der Waals surface area contributed by atoms with E-state index >= 15 is 0 Å². The summed E-state index contributed by atoms with van der Waals surface area (Å²) in [7, 11) is 1.18. The molecule has 0 radical (unpaired) electrons.